The van der Waals surface area contributed by atoms with Gasteiger partial charge in [-0.2, -0.15) is 0 Å². The maximum Gasteiger partial charge on any atom is 0.345 e. The van der Waals surface area contributed by atoms with Crippen molar-refractivity contribution in [3.8, 4) is 17.2 Å². The predicted octanol–water partition coefficient (Wildman–Crippen LogP) is 1.78. The third-order valence-corrected chi connectivity index (χ3v) is 2.78. The number of hydrogen-bond donors (Lipinski definition) is 2. The van der Waals surface area contributed by atoms with Gasteiger partial charge in [0, 0.05) is 12.3 Å². The van der Waals surface area contributed by atoms with E-state index in [1.807, 2.05) is 0 Å². The molecule has 0 aliphatic heterocycles. The largest absolute Gasteiger partial charge is 0.505 e. The van der Waals surface area contributed by atoms with E-state index in [0.717, 1.165) is 16.7 Å². The summed E-state index contributed by atoms with van der Waals surface area (Å²) in [5, 5.41) is 18.5. The number of phenols is 1. The van der Waals surface area contributed by atoms with Gasteiger partial charge in [0.25, 0.3) is 5.56 Å². The number of aromatic carboxylic acids is 1. The molecule has 1 aromatic heterocycles. The van der Waals surface area contributed by atoms with Crippen molar-refractivity contribution in [3.05, 3.63) is 52.2 Å². The minimum Gasteiger partial charge on any atom is -0.505 e. The number of carbonyl (C=O) groups is 1. The van der Waals surface area contributed by atoms with Crippen LogP contribution in [0.15, 0.2) is 35.3 Å². The van der Waals surface area contributed by atoms with Crippen molar-refractivity contribution < 1.29 is 24.1 Å². The number of aromatic nitrogens is 1. The maximum atomic E-state index is 13.0. The quantitative estimate of drug-likeness (QED) is 0.897. The number of ether oxygens (including phenoxy) is 1. The highest BCUT2D eigenvalue weighted by atomic mass is 19.1. The molecule has 1 heterocycles. The molecule has 0 spiro atoms. The Labute approximate surface area is 118 Å². The smallest absolute Gasteiger partial charge is 0.345 e. The van der Waals surface area contributed by atoms with Crippen LogP contribution >= 0.6 is 0 Å². The van der Waals surface area contributed by atoms with Crippen molar-refractivity contribution in [2.75, 3.05) is 6.61 Å². The molecule has 0 atom stereocenters. The van der Waals surface area contributed by atoms with Crippen LogP contribution in [0.2, 0.25) is 0 Å². The van der Waals surface area contributed by atoms with Gasteiger partial charge in [-0.1, -0.05) is 0 Å². The number of aromatic hydroxyl groups is 1. The molecule has 6 nitrogen and oxygen atoms in total. The summed E-state index contributed by atoms with van der Waals surface area (Å²) in [5.74, 6) is -2.94. The van der Waals surface area contributed by atoms with Gasteiger partial charge in [-0.3, -0.25) is 9.36 Å². The first-order valence-corrected chi connectivity index (χ1v) is 6.06. The first-order valence-electron chi connectivity index (χ1n) is 6.06. The number of rotatable bonds is 4. The van der Waals surface area contributed by atoms with Crippen molar-refractivity contribution in [1.82, 2.24) is 4.57 Å². The van der Waals surface area contributed by atoms with E-state index in [9.17, 15) is 19.1 Å². The number of benzene rings is 1. The van der Waals surface area contributed by atoms with E-state index in [1.165, 1.54) is 18.3 Å². The van der Waals surface area contributed by atoms with Crippen molar-refractivity contribution in [2.45, 2.75) is 6.92 Å². The Bertz CT molecular complexity index is 754. The molecule has 0 aliphatic carbocycles. The van der Waals surface area contributed by atoms with Crippen molar-refractivity contribution in [2.24, 2.45) is 0 Å². The van der Waals surface area contributed by atoms with E-state index in [1.54, 1.807) is 6.92 Å². The molecule has 2 aromatic rings. The summed E-state index contributed by atoms with van der Waals surface area (Å²) >= 11 is 0. The first kappa shape index (κ1) is 14.6. The summed E-state index contributed by atoms with van der Waals surface area (Å²) < 4.78 is 19.1. The zero-order valence-corrected chi connectivity index (χ0v) is 11.0. The molecule has 0 bridgehead atoms. The van der Waals surface area contributed by atoms with Gasteiger partial charge in [-0.15, -0.1) is 0 Å². The Kier molecular flexibility index (Phi) is 3.93. The second-order valence-corrected chi connectivity index (χ2v) is 4.10. The normalized spacial score (nSPS) is 10.4. The summed E-state index contributed by atoms with van der Waals surface area (Å²) in [6.07, 6.45) is 1.30. The Morgan fingerprint density at radius 3 is 2.67 bits per heavy atom. The lowest BCUT2D eigenvalue weighted by Gasteiger charge is -2.11. The Hall–Kier alpha value is -2.83. The van der Waals surface area contributed by atoms with Gasteiger partial charge in [-0.25, -0.2) is 9.18 Å². The van der Waals surface area contributed by atoms with Gasteiger partial charge >= 0.3 is 5.97 Å². The molecule has 0 fully saturated rings. The van der Waals surface area contributed by atoms with Crippen LogP contribution in [0.1, 0.15) is 17.3 Å². The van der Waals surface area contributed by atoms with E-state index in [2.05, 4.69) is 0 Å². The fourth-order valence-electron chi connectivity index (χ4n) is 1.85. The minimum absolute atomic E-state index is 0.0439. The highest BCUT2D eigenvalue weighted by Gasteiger charge is 2.19. The van der Waals surface area contributed by atoms with Crippen molar-refractivity contribution in [1.29, 1.82) is 0 Å². The van der Waals surface area contributed by atoms with Crippen LogP contribution in [0.4, 0.5) is 4.39 Å². The van der Waals surface area contributed by atoms with Crippen LogP contribution < -0.4 is 10.3 Å². The zero-order chi connectivity index (χ0) is 15.6. The standard InChI is InChI=1S/C14H12FNO5/c1-2-21-11-5-6-16(13(18)12(11)14(19)20)8-3-4-9(15)10(17)7-8/h3-7,17H,2H2,1H3,(H,19,20). The van der Waals surface area contributed by atoms with Crippen LogP contribution in [0, 0.1) is 5.82 Å². The summed E-state index contributed by atoms with van der Waals surface area (Å²) in [6.45, 7) is 1.87. The van der Waals surface area contributed by atoms with Crippen LogP contribution in [0.3, 0.4) is 0 Å². The molecule has 0 radical (unpaired) electrons. The second-order valence-electron chi connectivity index (χ2n) is 4.10. The molecule has 0 unspecified atom stereocenters. The van der Waals surface area contributed by atoms with E-state index in [4.69, 9.17) is 9.84 Å². The average molecular weight is 293 g/mol. The average Bonchev–Trinajstić information content (AvgIpc) is 2.42. The van der Waals surface area contributed by atoms with E-state index >= 15 is 0 Å². The second kappa shape index (κ2) is 5.66. The lowest BCUT2D eigenvalue weighted by molar-refractivity contribution is 0.0690. The van der Waals surface area contributed by atoms with Gasteiger partial charge in [0.05, 0.1) is 12.3 Å². The Balaban J connectivity index is 2.65. The van der Waals surface area contributed by atoms with Crippen LogP contribution in [0.5, 0.6) is 11.5 Å². The van der Waals surface area contributed by atoms with E-state index in [0.29, 0.717) is 0 Å². The predicted molar refractivity (Wildman–Crippen MR) is 71.8 cm³/mol. The Morgan fingerprint density at radius 1 is 1.38 bits per heavy atom. The molecule has 0 aliphatic rings. The number of carboxylic acids is 1. The topological polar surface area (TPSA) is 88.8 Å². The minimum atomic E-state index is -1.43. The molecule has 0 saturated carbocycles. The Morgan fingerprint density at radius 2 is 2.10 bits per heavy atom. The summed E-state index contributed by atoms with van der Waals surface area (Å²) in [7, 11) is 0. The third kappa shape index (κ3) is 2.71. The molecule has 1 aromatic carbocycles. The third-order valence-electron chi connectivity index (χ3n) is 2.78. The molecule has 7 heteroatoms. The van der Waals surface area contributed by atoms with Gasteiger partial charge in [0.1, 0.15) is 5.75 Å². The van der Waals surface area contributed by atoms with Crippen molar-refractivity contribution in [3.63, 3.8) is 0 Å². The first-order chi connectivity index (χ1) is 9.95. The fourth-order valence-corrected chi connectivity index (χ4v) is 1.85. The van der Waals surface area contributed by atoms with Gasteiger partial charge < -0.3 is 14.9 Å². The molecular weight excluding hydrogens is 281 g/mol. The number of hydrogen-bond acceptors (Lipinski definition) is 4. The number of nitrogens with zero attached hydrogens (tertiary/aromatic N) is 1. The molecule has 0 saturated heterocycles. The SMILES string of the molecule is CCOc1ccn(-c2ccc(F)c(O)c2)c(=O)c1C(=O)O. The highest BCUT2D eigenvalue weighted by molar-refractivity contribution is 5.90. The summed E-state index contributed by atoms with van der Waals surface area (Å²) in [5.41, 5.74) is -1.22. The monoisotopic (exact) mass is 293 g/mol. The molecular formula is C14H12FNO5. The van der Waals surface area contributed by atoms with Gasteiger partial charge in [-0.05, 0) is 25.1 Å². The van der Waals surface area contributed by atoms with Crippen LogP contribution in [-0.2, 0) is 0 Å². The van der Waals surface area contributed by atoms with Crippen LogP contribution in [-0.4, -0.2) is 27.4 Å². The summed E-state index contributed by atoms with van der Waals surface area (Å²) in [6, 6.07) is 4.59. The number of halogens is 1. The van der Waals surface area contributed by atoms with Gasteiger partial charge in [0.2, 0.25) is 0 Å². The fraction of sp³-hybridized carbons (Fsp3) is 0.143. The molecule has 2 N–H and O–H groups in total. The van der Waals surface area contributed by atoms with Crippen LogP contribution in [0.25, 0.3) is 5.69 Å². The highest BCUT2D eigenvalue weighted by Crippen LogP contribution is 2.20. The van der Waals surface area contributed by atoms with Crippen molar-refractivity contribution >= 4 is 5.97 Å². The van der Waals surface area contributed by atoms with E-state index < -0.39 is 28.7 Å². The number of carboxylic acid groups (broad SMARTS) is 1. The zero-order valence-electron chi connectivity index (χ0n) is 11.0. The van der Waals surface area contributed by atoms with E-state index in [-0.39, 0.29) is 18.0 Å². The molecule has 21 heavy (non-hydrogen) atoms. The molecule has 110 valence electrons. The maximum absolute atomic E-state index is 13.0. The number of phenolic OH excluding ortho intramolecular Hbond substituents is 1. The lowest BCUT2D eigenvalue weighted by atomic mass is 10.2. The number of pyridine rings is 1. The van der Waals surface area contributed by atoms with Gasteiger partial charge in [0.15, 0.2) is 17.1 Å². The molecule has 0 amide bonds. The summed E-state index contributed by atoms with van der Waals surface area (Å²) in [4.78, 5) is 23.4. The lowest BCUT2D eigenvalue weighted by Crippen LogP contribution is -2.25. The molecule has 2 rings (SSSR count).